The summed E-state index contributed by atoms with van der Waals surface area (Å²) in [7, 11) is 0. The molecule has 2 rings (SSSR count). The van der Waals surface area contributed by atoms with Gasteiger partial charge < -0.3 is 15.7 Å². The Morgan fingerprint density at radius 2 is 2.06 bits per heavy atom. The molecule has 0 radical (unpaired) electrons. The van der Waals surface area contributed by atoms with E-state index in [1.54, 1.807) is 29.2 Å². The summed E-state index contributed by atoms with van der Waals surface area (Å²) in [6.07, 6.45) is 0. The number of nitrogens with zero attached hydrogens (tertiary/aromatic N) is 2. The Kier molecular flexibility index (Phi) is 2.52. The number of aromatic hydroxyl groups is 1. The van der Waals surface area contributed by atoms with E-state index in [0.717, 1.165) is 5.56 Å². The highest BCUT2D eigenvalue weighted by molar-refractivity contribution is 6.03. The van der Waals surface area contributed by atoms with Gasteiger partial charge in [-0.1, -0.05) is 12.1 Å². The molecule has 5 heteroatoms. The minimum atomic E-state index is -0.307. The van der Waals surface area contributed by atoms with Gasteiger partial charge in [0.15, 0.2) is 0 Å². The molecule has 16 heavy (non-hydrogen) atoms. The van der Waals surface area contributed by atoms with Gasteiger partial charge in [-0.15, -0.1) is 0 Å². The Hall–Kier alpha value is -2.04. The number of rotatable bonds is 2. The Labute approximate surface area is 93.2 Å². The van der Waals surface area contributed by atoms with Gasteiger partial charge in [-0.25, -0.2) is 4.79 Å². The number of amides is 2. The van der Waals surface area contributed by atoms with Gasteiger partial charge >= 0.3 is 6.03 Å². The van der Waals surface area contributed by atoms with E-state index in [1.807, 2.05) is 6.92 Å². The zero-order valence-electron chi connectivity index (χ0n) is 8.92. The second-order valence-corrected chi connectivity index (χ2v) is 3.60. The molecular weight excluding hydrogens is 206 g/mol. The van der Waals surface area contributed by atoms with Crippen LogP contribution in [0.3, 0.4) is 0 Å². The summed E-state index contributed by atoms with van der Waals surface area (Å²) in [6, 6.07) is 6.00. The lowest BCUT2D eigenvalue weighted by Crippen LogP contribution is -2.33. The molecule has 0 saturated heterocycles. The van der Waals surface area contributed by atoms with Gasteiger partial charge in [-0.05, 0) is 24.6 Å². The molecule has 1 aromatic rings. The molecule has 2 amide bonds. The number of carbonyl (C=O) groups excluding carboxylic acids is 1. The van der Waals surface area contributed by atoms with Crippen molar-refractivity contribution in [2.75, 3.05) is 6.54 Å². The van der Waals surface area contributed by atoms with E-state index in [2.05, 4.69) is 4.99 Å². The molecule has 0 fully saturated rings. The minimum Gasteiger partial charge on any atom is -0.508 e. The summed E-state index contributed by atoms with van der Waals surface area (Å²) in [4.78, 5) is 16.8. The van der Waals surface area contributed by atoms with Gasteiger partial charge in [0.1, 0.15) is 17.6 Å². The van der Waals surface area contributed by atoms with Crippen LogP contribution in [0.2, 0.25) is 0 Å². The molecule has 84 valence electrons. The fourth-order valence-electron chi connectivity index (χ4n) is 1.83. The topological polar surface area (TPSA) is 78.9 Å². The number of likely N-dealkylation sites (N-methyl/N-ethyl adjacent to an activating group) is 1. The van der Waals surface area contributed by atoms with Crippen LogP contribution in [-0.4, -0.2) is 28.4 Å². The molecule has 0 saturated carbocycles. The molecule has 0 aromatic heterocycles. The maximum atomic E-state index is 11.5. The summed E-state index contributed by atoms with van der Waals surface area (Å²) in [5.74, 6) is 0.490. The molecule has 1 aliphatic rings. The highest BCUT2D eigenvalue weighted by Crippen LogP contribution is 2.27. The van der Waals surface area contributed by atoms with Gasteiger partial charge in [0.2, 0.25) is 0 Å². The molecule has 1 heterocycles. The summed E-state index contributed by atoms with van der Waals surface area (Å²) in [6.45, 7) is 2.42. The highest BCUT2D eigenvalue weighted by Gasteiger charge is 2.33. The zero-order valence-corrected chi connectivity index (χ0v) is 8.92. The predicted octanol–water partition coefficient (Wildman–Crippen LogP) is 1.25. The lowest BCUT2D eigenvalue weighted by Gasteiger charge is -2.22. The van der Waals surface area contributed by atoms with Crippen molar-refractivity contribution in [3.05, 3.63) is 29.8 Å². The van der Waals surface area contributed by atoms with Crippen LogP contribution in [0.1, 0.15) is 18.5 Å². The van der Waals surface area contributed by atoms with Gasteiger partial charge in [-0.3, -0.25) is 0 Å². The van der Waals surface area contributed by atoms with Crippen LogP contribution >= 0.6 is 0 Å². The number of benzene rings is 1. The molecule has 0 spiro atoms. The van der Waals surface area contributed by atoms with E-state index in [-0.39, 0.29) is 17.8 Å². The normalized spacial score (nSPS) is 20.1. The largest absolute Gasteiger partial charge is 0.508 e. The molecule has 1 atom stereocenters. The number of hydrogen-bond donors (Lipinski definition) is 2. The third-order valence-corrected chi connectivity index (χ3v) is 2.61. The van der Waals surface area contributed by atoms with Gasteiger partial charge in [0.25, 0.3) is 0 Å². The first-order valence-corrected chi connectivity index (χ1v) is 5.07. The van der Waals surface area contributed by atoms with E-state index >= 15 is 0 Å². The first-order valence-electron chi connectivity index (χ1n) is 5.07. The molecule has 0 bridgehead atoms. The van der Waals surface area contributed by atoms with Crippen molar-refractivity contribution >= 4 is 11.9 Å². The number of carbonyl (C=O) groups is 1. The predicted molar refractivity (Wildman–Crippen MR) is 60.2 cm³/mol. The molecule has 5 nitrogen and oxygen atoms in total. The van der Waals surface area contributed by atoms with Crippen molar-refractivity contribution in [1.29, 1.82) is 0 Å². The second kappa shape index (κ2) is 3.84. The van der Waals surface area contributed by atoms with E-state index in [4.69, 9.17) is 5.73 Å². The summed E-state index contributed by atoms with van der Waals surface area (Å²) < 4.78 is 0. The molecule has 1 aromatic carbocycles. The Morgan fingerprint density at radius 3 is 2.62 bits per heavy atom. The van der Waals surface area contributed by atoms with Crippen molar-refractivity contribution in [3.63, 3.8) is 0 Å². The van der Waals surface area contributed by atoms with Crippen LogP contribution in [0.5, 0.6) is 5.75 Å². The lowest BCUT2D eigenvalue weighted by atomic mass is 10.1. The standard InChI is InChI=1S/C11H13N3O2/c1-2-14-9(10(12)13-11(14)16)7-3-5-8(15)6-4-7/h3-6,9,15H,2H2,1H3,(H2,12,13,16). The number of aliphatic imine (C=N–C) groups is 1. The number of phenols is 1. The van der Waals surface area contributed by atoms with Crippen molar-refractivity contribution in [1.82, 2.24) is 4.90 Å². The highest BCUT2D eigenvalue weighted by atomic mass is 16.3. The quantitative estimate of drug-likeness (QED) is 0.785. The fraction of sp³-hybridized carbons (Fsp3) is 0.273. The third-order valence-electron chi connectivity index (χ3n) is 2.61. The van der Waals surface area contributed by atoms with Crippen molar-refractivity contribution in [2.45, 2.75) is 13.0 Å². The van der Waals surface area contributed by atoms with Crippen LogP contribution in [-0.2, 0) is 0 Å². The maximum absolute atomic E-state index is 11.5. The van der Waals surface area contributed by atoms with Crippen LogP contribution in [0.4, 0.5) is 4.79 Å². The lowest BCUT2D eigenvalue weighted by molar-refractivity contribution is 0.210. The van der Waals surface area contributed by atoms with Crippen molar-refractivity contribution in [3.8, 4) is 5.75 Å². The molecule has 3 N–H and O–H groups in total. The first kappa shape index (κ1) is 10.5. The number of hydrogen-bond acceptors (Lipinski definition) is 3. The van der Waals surface area contributed by atoms with Gasteiger partial charge in [-0.2, -0.15) is 4.99 Å². The van der Waals surface area contributed by atoms with Crippen molar-refractivity contribution < 1.29 is 9.90 Å². The number of phenolic OH excluding ortho intramolecular Hbond substituents is 1. The van der Waals surface area contributed by atoms with Crippen LogP contribution in [0.25, 0.3) is 0 Å². The van der Waals surface area contributed by atoms with Gasteiger partial charge in [0, 0.05) is 6.54 Å². The van der Waals surface area contributed by atoms with E-state index < -0.39 is 0 Å². The molecule has 0 aliphatic carbocycles. The maximum Gasteiger partial charge on any atom is 0.346 e. The second-order valence-electron chi connectivity index (χ2n) is 3.60. The number of nitrogens with two attached hydrogens (primary N) is 1. The summed E-state index contributed by atoms with van der Waals surface area (Å²) >= 11 is 0. The van der Waals surface area contributed by atoms with Crippen molar-refractivity contribution in [2.24, 2.45) is 10.7 Å². The first-order chi connectivity index (χ1) is 7.63. The molecule has 1 aliphatic heterocycles. The monoisotopic (exact) mass is 219 g/mol. The molecule has 1 unspecified atom stereocenters. The Balaban J connectivity index is 2.36. The third kappa shape index (κ3) is 1.60. The van der Waals surface area contributed by atoms with Crippen LogP contribution < -0.4 is 5.73 Å². The Bertz CT molecular complexity index is 439. The average molecular weight is 219 g/mol. The summed E-state index contributed by atoms with van der Waals surface area (Å²) in [5.41, 5.74) is 6.58. The average Bonchev–Trinajstić information content (AvgIpc) is 2.54. The molecular formula is C11H13N3O2. The van der Waals surface area contributed by atoms with E-state index in [1.165, 1.54) is 0 Å². The van der Waals surface area contributed by atoms with Gasteiger partial charge in [0.05, 0.1) is 0 Å². The smallest absolute Gasteiger partial charge is 0.346 e. The minimum absolute atomic E-state index is 0.187. The SMILES string of the molecule is CCN1C(=O)N=C(N)C1c1ccc(O)cc1. The van der Waals surface area contributed by atoms with E-state index in [0.29, 0.717) is 12.4 Å². The summed E-state index contributed by atoms with van der Waals surface area (Å²) in [5, 5.41) is 9.20. The van der Waals surface area contributed by atoms with E-state index in [9.17, 15) is 9.90 Å². The number of urea groups is 1. The van der Waals surface area contributed by atoms with Crippen LogP contribution in [0.15, 0.2) is 29.3 Å². The zero-order chi connectivity index (χ0) is 11.7. The Morgan fingerprint density at radius 1 is 1.44 bits per heavy atom. The number of amidine groups is 1. The van der Waals surface area contributed by atoms with Crippen LogP contribution in [0, 0.1) is 0 Å². The fourth-order valence-corrected chi connectivity index (χ4v) is 1.83.